The molecule has 0 aliphatic carbocycles. The number of carbonyl (C=O) groups excluding carboxylic acids is 3. The molecule has 0 radical (unpaired) electrons. The first-order valence-electron chi connectivity index (χ1n) is 7.47. The second-order valence-corrected chi connectivity index (χ2v) is 5.26. The van der Waals surface area contributed by atoms with E-state index >= 15 is 0 Å². The number of amides is 3. The molecule has 2 aromatic rings. The van der Waals surface area contributed by atoms with E-state index in [9.17, 15) is 14.4 Å². The summed E-state index contributed by atoms with van der Waals surface area (Å²) in [6.07, 6.45) is 0. The second-order valence-electron chi connectivity index (χ2n) is 5.26. The van der Waals surface area contributed by atoms with Crippen molar-refractivity contribution in [1.29, 1.82) is 0 Å². The Kier molecular flexibility index (Phi) is 5.68. The van der Waals surface area contributed by atoms with E-state index in [1.165, 1.54) is 6.92 Å². The summed E-state index contributed by atoms with van der Waals surface area (Å²) >= 11 is 0. The van der Waals surface area contributed by atoms with Gasteiger partial charge in [0.15, 0.2) is 0 Å². The highest BCUT2D eigenvalue weighted by molar-refractivity contribution is 6.00. The van der Waals surface area contributed by atoms with Gasteiger partial charge >= 0.3 is 0 Å². The zero-order valence-corrected chi connectivity index (χ0v) is 13.6. The SMILES string of the molecule is CC(=O)Nc1cccc(NC(=O)CNC(=O)c2ccccc2)c1C. The van der Waals surface area contributed by atoms with Crippen molar-refractivity contribution in [3.8, 4) is 0 Å². The molecule has 3 amide bonds. The minimum Gasteiger partial charge on any atom is -0.343 e. The summed E-state index contributed by atoms with van der Waals surface area (Å²) in [6.45, 7) is 3.07. The average molecular weight is 325 g/mol. The van der Waals surface area contributed by atoms with E-state index in [0.717, 1.165) is 5.56 Å². The van der Waals surface area contributed by atoms with Gasteiger partial charge in [-0.25, -0.2) is 0 Å². The monoisotopic (exact) mass is 325 g/mol. The number of hydrogen-bond donors (Lipinski definition) is 3. The van der Waals surface area contributed by atoms with Crippen molar-refractivity contribution in [3.63, 3.8) is 0 Å². The summed E-state index contributed by atoms with van der Waals surface area (Å²) < 4.78 is 0. The maximum atomic E-state index is 12.0. The normalized spacial score (nSPS) is 9.92. The van der Waals surface area contributed by atoms with E-state index < -0.39 is 0 Å². The molecule has 0 spiro atoms. The Morgan fingerprint density at radius 2 is 1.50 bits per heavy atom. The summed E-state index contributed by atoms with van der Waals surface area (Å²) in [5.41, 5.74) is 2.46. The molecule has 0 saturated heterocycles. The maximum Gasteiger partial charge on any atom is 0.251 e. The highest BCUT2D eigenvalue weighted by Crippen LogP contribution is 2.23. The molecule has 0 aromatic heterocycles. The van der Waals surface area contributed by atoms with Crippen molar-refractivity contribution in [2.24, 2.45) is 0 Å². The molecule has 0 unspecified atom stereocenters. The van der Waals surface area contributed by atoms with Gasteiger partial charge < -0.3 is 16.0 Å². The van der Waals surface area contributed by atoms with Crippen LogP contribution in [-0.2, 0) is 9.59 Å². The lowest BCUT2D eigenvalue weighted by molar-refractivity contribution is -0.115. The fourth-order valence-corrected chi connectivity index (χ4v) is 2.14. The molecule has 0 aliphatic rings. The van der Waals surface area contributed by atoms with Crippen molar-refractivity contribution in [2.75, 3.05) is 17.2 Å². The van der Waals surface area contributed by atoms with Crippen LogP contribution in [0, 0.1) is 6.92 Å². The molecule has 0 bridgehead atoms. The van der Waals surface area contributed by atoms with Gasteiger partial charge in [0.1, 0.15) is 0 Å². The summed E-state index contributed by atoms with van der Waals surface area (Å²) in [6, 6.07) is 13.9. The molecule has 2 rings (SSSR count). The maximum absolute atomic E-state index is 12.0. The zero-order chi connectivity index (χ0) is 17.5. The molecule has 2 aromatic carbocycles. The van der Waals surface area contributed by atoms with Crippen LogP contribution in [0.3, 0.4) is 0 Å². The fraction of sp³-hybridized carbons (Fsp3) is 0.167. The van der Waals surface area contributed by atoms with Crippen LogP contribution in [0.2, 0.25) is 0 Å². The number of benzene rings is 2. The van der Waals surface area contributed by atoms with Gasteiger partial charge in [-0.05, 0) is 36.8 Å². The highest BCUT2D eigenvalue weighted by atomic mass is 16.2. The van der Waals surface area contributed by atoms with Crippen molar-refractivity contribution >= 4 is 29.1 Å². The van der Waals surface area contributed by atoms with Crippen LogP contribution < -0.4 is 16.0 Å². The number of rotatable bonds is 5. The predicted molar refractivity (Wildman–Crippen MR) is 92.9 cm³/mol. The number of hydrogen-bond acceptors (Lipinski definition) is 3. The lowest BCUT2D eigenvalue weighted by atomic mass is 10.1. The van der Waals surface area contributed by atoms with Crippen LogP contribution in [0.5, 0.6) is 0 Å². The molecule has 124 valence electrons. The predicted octanol–water partition coefficient (Wildman–Crippen LogP) is 2.32. The Morgan fingerprint density at radius 3 is 2.12 bits per heavy atom. The van der Waals surface area contributed by atoms with Gasteiger partial charge in [0.2, 0.25) is 11.8 Å². The summed E-state index contributed by atoms with van der Waals surface area (Å²) in [4.78, 5) is 35.1. The first kappa shape index (κ1) is 17.2. The Morgan fingerprint density at radius 1 is 0.875 bits per heavy atom. The van der Waals surface area contributed by atoms with Gasteiger partial charge in [-0.3, -0.25) is 14.4 Å². The minimum absolute atomic E-state index is 0.141. The second kappa shape index (κ2) is 7.92. The van der Waals surface area contributed by atoms with Crippen LogP contribution >= 0.6 is 0 Å². The van der Waals surface area contributed by atoms with E-state index in [0.29, 0.717) is 16.9 Å². The van der Waals surface area contributed by atoms with Crippen LogP contribution in [0.15, 0.2) is 48.5 Å². The standard InChI is InChI=1S/C18H19N3O3/c1-12-15(20-13(2)22)9-6-10-16(12)21-17(23)11-19-18(24)14-7-4-3-5-8-14/h3-10H,11H2,1-2H3,(H,19,24)(H,20,22)(H,21,23). The third-order valence-electron chi connectivity index (χ3n) is 3.36. The zero-order valence-electron chi connectivity index (χ0n) is 13.6. The van der Waals surface area contributed by atoms with Crippen LogP contribution in [0.4, 0.5) is 11.4 Å². The van der Waals surface area contributed by atoms with E-state index in [4.69, 9.17) is 0 Å². The van der Waals surface area contributed by atoms with Crippen molar-refractivity contribution in [1.82, 2.24) is 5.32 Å². The molecule has 0 fully saturated rings. The Labute approximate surface area is 140 Å². The van der Waals surface area contributed by atoms with Crippen molar-refractivity contribution < 1.29 is 14.4 Å². The van der Waals surface area contributed by atoms with Gasteiger partial charge in [0, 0.05) is 23.9 Å². The van der Waals surface area contributed by atoms with Gasteiger partial charge in [-0.15, -0.1) is 0 Å². The van der Waals surface area contributed by atoms with Gasteiger partial charge in [-0.1, -0.05) is 24.3 Å². The number of nitrogens with one attached hydrogen (secondary N) is 3. The van der Waals surface area contributed by atoms with Gasteiger partial charge in [0.25, 0.3) is 5.91 Å². The summed E-state index contributed by atoms with van der Waals surface area (Å²) in [5.74, 6) is -0.839. The van der Waals surface area contributed by atoms with Crippen LogP contribution in [-0.4, -0.2) is 24.3 Å². The minimum atomic E-state index is -0.345. The third kappa shape index (κ3) is 4.67. The van der Waals surface area contributed by atoms with Crippen molar-refractivity contribution in [3.05, 3.63) is 59.7 Å². The molecule has 0 aliphatic heterocycles. The molecule has 3 N–H and O–H groups in total. The molecular formula is C18H19N3O3. The van der Waals surface area contributed by atoms with E-state index in [1.807, 2.05) is 6.07 Å². The molecule has 0 atom stereocenters. The molecule has 6 heteroatoms. The molecule has 6 nitrogen and oxygen atoms in total. The fourth-order valence-electron chi connectivity index (χ4n) is 2.14. The van der Waals surface area contributed by atoms with Crippen LogP contribution in [0.1, 0.15) is 22.8 Å². The summed E-state index contributed by atoms with van der Waals surface area (Å²) in [7, 11) is 0. The summed E-state index contributed by atoms with van der Waals surface area (Å²) in [5, 5.41) is 7.99. The van der Waals surface area contributed by atoms with E-state index in [1.54, 1.807) is 49.4 Å². The third-order valence-corrected chi connectivity index (χ3v) is 3.36. The molecule has 24 heavy (non-hydrogen) atoms. The Balaban J connectivity index is 1.95. The van der Waals surface area contributed by atoms with E-state index in [2.05, 4.69) is 16.0 Å². The first-order chi connectivity index (χ1) is 11.5. The average Bonchev–Trinajstić information content (AvgIpc) is 2.56. The van der Waals surface area contributed by atoms with Gasteiger partial charge in [0.05, 0.1) is 6.54 Å². The largest absolute Gasteiger partial charge is 0.343 e. The number of carbonyl (C=O) groups is 3. The topological polar surface area (TPSA) is 87.3 Å². The number of anilines is 2. The lowest BCUT2D eigenvalue weighted by Gasteiger charge is -2.13. The van der Waals surface area contributed by atoms with E-state index in [-0.39, 0.29) is 24.3 Å². The van der Waals surface area contributed by atoms with Crippen molar-refractivity contribution in [2.45, 2.75) is 13.8 Å². The Bertz CT molecular complexity index is 757. The van der Waals surface area contributed by atoms with Crippen LogP contribution in [0.25, 0.3) is 0 Å². The molecular weight excluding hydrogens is 306 g/mol. The Hall–Kier alpha value is -3.15. The highest BCUT2D eigenvalue weighted by Gasteiger charge is 2.10. The molecule has 0 heterocycles. The smallest absolute Gasteiger partial charge is 0.251 e. The first-order valence-corrected chi connectivity index (χ1v) is 7.47. The lowest BCUT2D eigenvalue weighted by Crippen LogP contribution is -2.33. The quantitative estimate of drug-likeness (QED) is 0.788. The molecule has 0 saturated carbocycles. The van der Waals surface area contributed by atoms with Gasteiger partial charge in [-0.2, -0.15) is 0 Å².